The van der Waals surface area contributed by atoms with Crippen LogP contribution in [0.3, 0.4) is 0 Å². The van der Waals surface area contributed by atoms with Crippen molar-refractivity contribution in [3.8, 4) is 5.75 Å². The number of aromatic amines is 1. The number of fused-ring (bicyclic) bond motifs is 2. The molecule has 2 aliphatic heterocycles. The van der Waals surface area contributed by atoms with Gasteiger partial charge in [0.25, 0.3) is 5.91 Å². The van der Waals surface area contributed by atoms with Crippen LogP contribution in [0.5, 0.6) is 5.75 Å². The van der Waals surface area contributed by atoms with E-state index in [4.69, 9.17) is 21.1 Å². The van der Waals surface area contributed by atoms with Gasteiger partial charge in [0.15, 0.2) is 6.79 Å². The number of ether oxygens (including phenoxy) is 2. The van der Waals surface area contributed by atoms with Crippen molar-refractivity contribution in [2.45, 2.75) is 25.6 Å². The Morgan fingerprint density at radius 3 is 2.93 bits per heavy atom. The minimum Gasteiger partial charge on any atom is -0.467 e. The van der Waals surface area contributed by atoms with E-state index in [2.05, 4.69) is 10.3 Å². The molecule has 0 radical (unpaired) electrons. The average molecular weight is 412 g/mol. The predicted molar refractivity (Wildman–Crippen MR) is 107 cm³/mol. The van der Waals surface area contributed by atoms with Gasteiger partial charge in [0.05, 0.1) is 13.2 Å². The van der Waals surface area contributed by atoms with E-state index in [1.165, 1.54) is 4.90 Å². The molecule has 0 bridgehead atoms. The first kappa shape index (κ1) is 18.0. The summed E-state index contributed by atoms with van der Waals surface area (Å²) in [5.74, 6) is 0.363. The molecule has 5 rings (SSSR count). The number of rotatable bonds is 4. The van der Waals surface area contributed by atoms with Gasteiger partial charge in [-0.25, -0.2) is 4.79 Å². The quantitative estimate of drug-likeness (QED) is 0.645. The lowest BCUT2D eigenvalue weighted by atomic mass is 10.0. The smallest absolute Gasteiger partial charge is 0.325 e. The lowest BCUT2D eigenvalue weighted by Crippen LogP contribution is -2.32. The maximum absolute atomic E-state index is 13.0. The maximum atomic E-state index is 13.0. The van der Waals surface area contributed by atoms with Crippen molar-refractivity contribution in [1.29, 1.82) is 0 Å². The van der Waals surface area contributed by atoms with Crippen molar-refractivity contribution in [3.05, 3.63) is 64.3 Å². The number of aromatic nitrogens is 1. The summed E-state index contributed by atoms with van der Waals surface area (Å²) in [6.45, 7) is 0.606. The second-order valence-electron chi connectivity index (χ2n) is 7.15. The molecule has 3 heterocycles. The topological polar surface area (TPSA) is 83.7 Å². The van der Waals surface area contributed by atoms with Gasteiger partial charge in [0, 0.05) is 39.7 Å². The van der Waals surface area contributed by atoms with Crippen LogP contribution in [0.4, 0.5) is 4.79 Å². The molecule has 0 saturated carbocycles. The molecule has 29 heavy (non-hydrogen) atoms. The monoisotopic (exact) mass is 411 g/mol. The van der Waals surface area contributed by atoms with Gasteiger partial charge in [-0.15, -0.1) is 0 Å². The van der Waals surface area contributed by atoms with Crippen LogP contribution in [0.2, 0.25) is 5.02 Å². The highest BCUT2D eigenvalue weighted by molar-refractivity contribution is 6.30. The summed E-state index contributed by atoms with van der Waals surface area (Å²) in [4.78, 5) is 29.9. The zero-order valence-corrected chi connectivity index (χ0v) is 16.2. The zero-order valence-electron chi connectivity index (χ0n) is 15.4. The highest BCUT2D eigenvalue weighted by Gasteiger charge is 2.39. The molecule has 7 nitrogen and oxygen atoms in total. The van der Waals surface area contributed by atoms with E-state index in [0.29, 0.717) is 29.4 Å². The number of nitrogens with one attached hydrogen (secondary N) is 2. The molecule has 2 N–H and O–H groups in total. The highest BCUT2D eigenvalue weighted by Crippen LogP contribution is 2.33. The number of nitrogens with zero attached hydrogens (tertiary/aromatic N) is 1. The Balaban J connectivity index is 1.38. The lowest BCUT2D eigenvalue weighted by Gasteiger charge is -2.23. The summed E-state index contributed by atoms with van der Waals surface area (Å²) < 4.78 is 10.9. The largest absolute Gasteiger partial charge is 0.467 e. The summed E-state index contributed by atoms with van der Waals surface area (Å²) >= 11 is 6.20. The fourth-order valence-corrected chi connectivity index (χ4v) is 4.19. The third kappa shape index (κ3) is 3.22. The molecule has 0 unspecified atom stereocenters. The molecule has 0 spiro atoms. The summed E-state index contributed by atoms with van der Waals surface area (Å²) in [5, 5.41) is 4.35. The van der Waals surface area contributed by atoms with Crippen molar-refractivity contribution in [2.24, 2.45) is 0 Å². The first-order chi connectivity index (χ1) is 14.1. The summed E-state index contributed by atoms with van der Waals surface area (Å²) in [6, 6.07) is 10.3. The van der Waals surface area contributed by atoms with E-state index < -0.39 is 12.1 Å². The Kier molecular flexibility index (Phi) is 4.41. The van der Waals surface area contributed by atoms with Crippen LogP contribution in [0.15, 0.2) is 42.6 Å². The summed E-state index contributed by atoms with van der Waals surface area (Å²) in [5.41, 5.74) is 3.48. The fourth-order valence-electron chi connectivity index (χ4n) is 3.93. The first-order valence-electron chi connectivity index (χ1n) is 9.29. The fraction of sp³-hybridized carbons (Fsp3) is 0.238. The van der Waals surface area contributed by atoms with Gasteiger partial charge in [-0.2, -0.15) is 0 Å². The number of halogens is 1. The van der Waals surface area contributed by atoms with Crippen LogP contribution in [0, 0.1) is 0 Å². The SMILES string of the molecule is O=C1N[C@H](Cc2c[nH]c3ccccc23)C(=O)N1Cc1cc(Cl)cc2c1OCOC2. The standard InChI is InChI=1S/C21H18ClN3O4/c22-15-5-13(19-14(6-15)10-28-11-29-19)9-25-20(26)18(24-21(25)27)7-12-8-23-17-4-2-1-3-16(12)17/h1-6,8,18,23H,7,9-11H2,(H,24,27)/t18-/m1/s1. The van der Waals surface area contributed by atoms with E-state index in [0.717, 1.165) is 22.0 Å². The third-order valence-corrected chi connectivity index (χ3v) is 5.50. The Labute approximate surface area is 171 Å². The molecular weight excluding hydrogens is 394 g/mol. The van der Waals surface area contributed by atoms with E-state index in [-0.39, 0.29) is 19.2 Å². The van der Waals surface area contributed by atoms with Gasteiger partial charge in [0.2, 0.25) is 0 Å². The van der Waals surface area contributed by atoms with Crippen LogP contribution < -0.4 is 10.1 Å². The number of carbonyl (C=O) groups excluding carboxylic acids is 2. The molecule has 2 aromatic carbocycles. The lowest BCUT2D eigenvalue weighted by molar-refractivity contribution is -0.127. The van der Waals surface area contributed by atoms with Gasteiger partial charge in [-0.1, -0.05) is 29.8 Å². The zero-order chi connectivity index (χ0) is 20.0. The number of benzene rings is 2. The molecule has 1 fully saturated rings. The van der Waals surface area contributed by atoms with E-state index in [1.54, 1.807) is 12.1 Å². The van der Waals surface area contributed by atoms with Crippen LogP contribution in [0.1, 0.15) is 16.7 Å². The molecule has 1 atom stereocenters. The third-order valence-electron chi connectivity index (χ3n) is 5.29. The molecular formula is C21H18ClN3O4. The Morgan fingerprint density at radius 2 is 2.03 bits per heavy atom. The molecule has 1 saturated heterocycles. The molecule has 3 aromatic rings. The van der Waals surface area contributed by atoms with Crippen LogP contribution in [0.25, 0.3) is 10.9 Å². The molecule has 3 amide bonds. The van der Waals surface area contributed by atoms with Crippen molar-refractivity contribution in [2.75, 3.05) is 6.79 Å². The van der Waals surface area contributed by atoms with Crippen LogP contribution >= 0.6 is 11.6 Å². The number of hydrogen-bond acceptors (Lipinski definition) is 4. The average Bonchev–Trinajstić information content (AvgIpc) is 3.24. The van der Waals surface area contributed by atoms with Gasteiger partial charge in [-0.3, -0.25) is 9.69 Å². The number of para-hydroxylation sites is 1. The number of amides is 3. The molecule has 2 aliphatic rings. The molecule has 8 heteroatoms. The van der Waals surface area contributed by atoms with E-state index in [9.17, 15) is 9.59 Å². The van der Waals surface area contributed by atoms with Gasteiger partial charge >= 0.3 is 6.03 Å². The summed E-state index contributed by atoms with van der Waals surface area (Å²) in [7, 11) is 0. The second kappa shape index (κ2) is 7.09. The number of imide groups is 1. The number of urea groups is 1. The van der Waals surface area contributed by atoms with Crippen molar-refractivity contribution in [3.63, 3.8) is 0 Å². The van der Waals surface area contributed by atoms with Crippen LogP contribution in [-0.4, -0.2) is 34.7 Å². The van der Waals surface area contributed by atoms with Crippen molar-refractivity contribution < 1.29 is 19.1 Å². The van der Waals surface area contributed by atoms with Crippen molar-refractivity contribution in [1.82, 2.24) is 15.2 Å². The van der Waals surface area contributed by atoms with Crippen LogP contribution in [-0.2, 0) is 29.1 Å². The Bertz CT molecular complexity index is 1130. The van der Waals surface area contributed by atoms with Gasteiger partial charge < -0.3 is 19.8 Å². The minimum atomic E-state index is -0.610. The predicted octanol–water partition coefficient (Wildman–Crippen LogP) is 3.35. The molecule has 1 aromatic heterocycles. The second-order valence-corrected chi connectivity index (χ2v) is 7.59. The highest BCUT2D eigenvalue weighted by atomic mass is 35.5. The first-order valence-corrected chi connectivity index (χ1v) is 9.66. The number of carbonyl (C=O) groups is 2. The summed E-state index contributed by atoms with van der Waals surface area (Å²) in [6.07, 6.45) is 2.30. The molecule has 0 aliphatic carbocycles. The van der Waals surface area contributed by atoms with Gasteiger partial charge in [-0.05, 0) is 23.8 Å². The van der Waals surface area contributed by atoms with E-state index >= 15 is 0 Å². The maximum Gasteiger partial charge on any atom is 0.325 e. The number of hydrogen-bond donors (Lipinski definition) is 2. The Hall–Kier alpha value is -3.03. The van der Waals surface area contributed by atoms with E-state index in [1.807, 2.05) is 30.5 Å². The molecule has 148 valence electrons. The minimum absolute atomic E-state index is 0.0952. The van der Waals surface area contributed by atoms with Crippen molar-refractivity contribution >= 4 is 34.4 Å². The Morgan fingerprint density at radius 1 is 1.17 bits per heavy atom. The normalized spacial score (nSPS) is 18.7. The van der Waals surface area contributed by atoms with Gasteiger partial charge in [0.1, 0.15) is 11.8 Å². The number of H-pyrrole nitrogens is 1.